The van der Waals surface area contributed by atoms with Crippen LogP contribution in [-0.4, -0.2) is 5.48 Å². The van der Waals surface area contributed by atoms with Crippen LogP contribution in [0.2, 0.25) is 0 Å². The molecule has 0 spiro atoms. The SMILES string of the molecule is O.[Cl][Ru]([Cl])[Cl]. The summed E-state index contributed by atoms with van der Waals surface area (Å²) in [4.78, 5) is 0. The van der Waals surface area contributed by atoms with Gasteiger partial charge in [0.15, 0.2) is 0 Å². The van der Waals surface area contributed by atoms with Crippen molar-refractivity contribution >= 4 is 29.1 Å². The summed E-state index contributed by atoms with van der Waals surface area (Å²) in [5.41, 5.74) is 0. The maximum atomic E-state index is 4.95. The van der Waals surface area contributed by atoms with Crippen LogP contribution in [0.5, 0.6) is 0 Å². The number of rotatable bonds is 0. The van der Waals surface area contributed by atoms with Crippen LogP contribution < -0.4 is 0 Å². The summed E-state index contributed by atoms with van der Waals surface area (Å²) in [6.07, 6.45) is 0. The minimum absolute atomic E-state index is 0. The van der Waals surface area contributed by atoms with Gasteiger partial charge in [-0.05, 0) is 0 Å². The first-order valence-corrected chi connectivity index (χ1v) is 7.12. The van der Waals surface area contributed by atoms with Crippen molar-refractivity contribution in [3.8, 4) is 0 Å². The van der Waals surface area contributed by atoms with Gasteiger partial charge in [-0.1, -0.05) is 0 Å². The van der Waals surface area contributed by atoms with Crippen LogP contribution in [0.4, 0.5) is 0 Å². The van der Waals surface area contributed by atoms with Gasteiger partial charge in [-0.2, -0.15) is 0 Å². The summed E-state index contributed by atoms with van der Waals surface area (Å²) < 4.78 is 0. The van der Waals surface area contributed by atoms with Gasteiger partial charge in [-0.15, -0.1) is 0 Å². The van der Waals surface area contributed by atoms with Gasteiger partial charge in [-0.25, -0.2) is 0 Å². The Morgan fingerprint density at radius 3 is 1.00 bits per heavy atom. The zero-order valence-electron chi connectivity index (χ0n) is 1.99. The molecule has 0 amide bonds. The van der Waals surface area contributed by atoms with Crippen molar-refractivity contribution in [2.45, 2.75) is 0 Å². The Morgan fingerprint density at radius 2 is 1.00 bits per heavy atom. The molecule has 0 aromatic rings. The summed E-state index contributed by atoms with van der Waals surface area (Å²) in [5, 5.41) is 0. The van der Waals surface area contributed by atoms with E-state index in [4.69, 9.17) is 29.1 Å². The summed E-state index contributed by atoms with van der Waals surface area (Å²) in [5.74, 6) is 0. The minimum atomic E-state index is -1.75. The van der Waals surface area contributed by atoms with Gasteiger partial charge in [0.05, 0.1) is 0 Å². The van der Waals surface area contributed by atoms with E-state index >= 15 is 0 Å². The van der Waals surface area contributed by atoms with E-state index in [2.05, 4.69) is 0 Å². The van der Waals surface area contributed by atoms with E-state index in [0.717, 1.165) is 0 Å². The van der Waals surface area contributed by atoms with Crippen molar-refractivity contribution in [3.63, 3.8) is 0 Å². The van der Waals surface area contributed by atoms with Crippen molar-refractivity contribution in [1.29, 1.82) is 0 Å². The summed E-state index contributed by atoms with van der Waals surface area (Å²) in [7, 11) is 14.8. The fourth-order valence-corrected chi connectivity index (χ4v) is 0. The Kier molecular flexibility index (Phi) is 10.6. The van der Waals surface area contributed by atoms with Gasteiger partial charge in [0, 0.05) is 0 Å². The van der Waals surface area contributed by atoms with Gasteiger partial charge in [0.2, 0.25) is 0 Å². The average Bonchev–Trinajstić information content (AvgIpc) is 0.811. The Bertz CT molecular complexity index is 11.6. The number of halogens is 3. The zero-order chi connectivity index (χ0) is 3.58. The Labute approximate surface area is 47.5 Å². The quantitative estimate of drug-likeness (QED) is 0.556. The van der Waals surface area contributed by atoms with Crippen LogP contribution in [0, 0.1) is 0 Å². The third-order valence-electron chi connectivity index (χ3n) is 0. The molecule has 0 aliphatic rings. The van der Waals surface area contributed by atoms with Crippen LogP contribution in [-0.2, 0) is 13.0 Å². The Hall–Kier alpha value is 1.45. The topological polar surface area (TPSA) is 31.5 Å². The second kappa shape index (κ2) is 5.45. The summed E-state index contributed by atoms with van der Waals surface area (Å²) in [6.45, 7) is 0. The Balaban J connectivity index is 0. The van der Waals surface area contributed by atoms with Crippen LogP contribution >= 0.6 is 29.1 Å². The normalized spacial score (nSPS) is 9.00. The van der Waals surface area contributed by atoms with Crippen LogP contribution in [0.1, 0.15) is 0 Å². The van der Waals surface area contributed by atoms with Gasteiger partial charge < -0.3 is 5.48 Å². The molecule has 0 heterocycles. The fraction of sp³-hybridized carbons (Fsp3) is 0. The molecule has 2 N–H and O–H groups in total. The molecule has 1 nitrogen and oxygen atoms in total. The molecule has 0 unspecified atom stereocenters. The van der Waals surface area contributed by atoms with Crippen LogP contribution in [0.25, 0.3) is 0 Å². The van der Waals surface area contributed by atoms with E-state index in [-0.39, 0.29) is 5.48 Å². The molecule has 0 aliphatic heterocycles. The van der Waals surface area contributed by atoms with Crippen molar-refractivity contribution in [2.75, 3.05) is 0 Å². The molecule has 0 aromatic carbocycles. The predicted octanol–water partition coefficient (Wildman–Crippen LogP) is 1.24. The third kappa shape index (κ3) is 30.8. The van der Waals surface area contributed by atoms with Crippen LogP contribution in [0.3, 0.4) is 0 Å². The van der Waals surface area contributed by atoms with Gasteiger partial charge in [-0.3, -0.25) is 0 Å². The third-order valence-corrected chi connectivity index (χ3v) is 0. The molecule has 37 valence electrons. The van der Waals surface area contributed by atoms with Crippen molar-refractivity contribution in [1.82, 2.24) is 0 Å². The first-order valence-electron chi connectivity index (χ1n) is 0.401. The van der Waals surface area contributed by atoms with Crippen molar-refractivity contribution in [3.05, 3.63) is 0 Å². The Morgan fingerprint density at radius 1 is 1.00 bits per heavy atom. The van der Waals surface area contributed by atoms with E-state index in [1.54, 1.807) is 0 Å². The van der Waals surface area contributed by atoms with Crippen molar-refractivity contribution in [2.24, 2.45) is 0 Å². The van der Waals surface area contributed by atoms with Gasteiger partial charge in [0.1, 0.15) is 0 Å². The predicted molar refractivity (Wildman–Crippen MR) is 21.2 cm³/mol. The fourth-order valence-electron chi connectivity index (χ4n) is 0. The number of hydrogen-bond acceptors (Lipinski definition) is 0. The molecule has 5 heteroatoms. The monoisotopic (exact) mass is 225 g/mol. The molecule has 0 rings (SSSR count). The second-order valence-corrected chi connectivity index (χ2v) is 8.07. The van der Waals surface area contributed by atoms with Crippen LogP contribution in [0.15, 0.2) is 0 Å². The summed E-state index contributed by atoms with van der Waals surface area (Å²) in [6, 6.07) is 0. The molecule has 0 saturated heterocycles. The zero-order valence-corrected chi connectivity index (χ0v) is 5.99. The first kappa shape index (κ1) is 9.68. The second-order valence-electron chi connectivity index (χ2n) is 0.152. The van der Waals surface area contributed by atoms with E-state index in [9.17, 15) is 0 Å². The summed E-state index contributed by atoms with van der Waals surface area (Å²) >= 11 is -1.75. The molecule has 0 aromatic heterocycles. The molecular formula is H2Cl3ORu. The standard InChI is InChI=1S/3ClH.H2O.Ru/h3*1H;1H2;/q;;;;+3/p-3. The van der Waals surface area contributed by atoms with E-state index in [1.807, 2.05) is 0 Å². The molecular weight excluding hydrogens is 223 g/mol. The van der Waals surface area contributed by atoms with Gasteiger partial charge in [0.25, 0.3) is 0 Å². The van der Waals surface area contributed by atoms with E-state index < -0.39 is 13.0 Å². The molecule has 0 radical (unpaired) electrons. The molecule has 0 atom stereocenters. The van der Waals surface area contributed by atoms with E-state index in [0.29, 0.717) is 0 Å². The molecule has 0 saturated carbocycles. The molecule has 0 aliphatic carbocycles. The first-order chi connectivity index (χ1) is 1.73. The number of hydrogen-bond donors (Lipinski definition) is 0. The molecule has 0 bridgehead atoms. The van der Waals surface area contributed by atoms with Crippen molar-refractivity contribution < 1.29 is 18.5 Å². The maximum absolute atomic E-state index is 4.95. The van der Waals surface area contributed by atoms with Gasteiger partial charge >= 0.3 is 42.1 Å². The molecule has 0 fully saturated rings. The van der Waals surface area contributed by atoms with E-state index in [1.165, 1.54) is 0 Å². The average molecular weight is 225 g/mol. The molecule has 5 heavy (non-hydrogen) atoms.